The summed E-state index contributed by atoms with van der Waals surface area (Å²) < 4.78 is 0. The number of nitrogens with zero attached hydrogens (tertiary/aromatic N) is 1. The molecule has 3 heterocycles. The molecule has 0 spiro atoms. The molecular weight excluding hydrogens is 217 g/mol. The van der Waals surface area contributed by atoms with Gasteiger partial charge in [0.2, 0.25) is 0 Å². The van der Waals surface area contributed by atoms with Crippen LogP contribution in [0.5, 0.6) is 0 Å². The van der Waals surface area contributed by atoms with Crippen LogP contribution in [0.15, 0.2) is 18.3 Å². The van der Waals surface area contributed by atoms with Gasteiger partial charge >= 0.3 is 0 Å². The maximum absolute atomic E-state index is 4.42. The molecule has 0 unspecified atom stereocenters. The predicted octanol–water partition coefficient (Wildman–Crippen LogP) is 4.07. The molecule has 2 aliphatic heterocycles. The maximum atomic E-state index is 4.42. The van der Waals surface area contributed by atoms with E-state index in [4.69, 9.17) is 0 Å². The van der Waals surface area contributed by atoms with E-state index < -0.39 is 0 Å². The van der Waals surface area contributed by atoms with Gasteiger partial charge in [0.1, 0.15) is 7.28 Å². The normalized spacial score (nSPS) is 30.8. The van der Waals surface area contributed by atoms with Crippen molar-refractivity contribution in [3.63, 3.8) is 0 Å². The van der Waals surface area contributed by atoms with E-state index in [9.17, 15) is 0 Å². The van der Waals surface area contributed by atoms with Crippen LogP contribution in [-0.2, 0) is 6.42 Å². The minimum absolute atomic E-state index is 0.698. The van der Waals surface area contributed by atoms with Gasteiger partial charge in [-0.3, -0.25) is 4.98 Å². The van der Waals surface area contributed by atoms with Crippen molar-refractivity contribution in [3.05, 3.63) is 29.6 Å². The third-order valence-corrected chi connectivity index (χ3v) is 5.40. The molecule has 2 heteroatoms. The first kappa shape index (κ1) is 12.3. The molecule has 0 N–H and O–H groups in total. The molecule has 0 aromatic carbocycles. The molecule has 1 aromatic rings. The highest BCUT2D eigenvalue weighted by atomic mass is 14.7. The zero-order valence-corrected chi connectivity index (χ0v) is 11.6. The van der Waals surface area contributed by atoms with Gasteiger partial charge in [0, 0.05) is 11.9 Å². The second-order valence-electron chi connectivity index (χ2n) is 6.60. The lowest BCUT2D eigenvalue weighted by atomic mass is 9.35. The predicted molar refractivity (Wildman–Crippen MR) is 78.6 cm³/mol. The Morgan fingerprint density at radius 2 is 2.11 bits per heavy atom. The number of hydrogen-bond acceptors (Lipinski definition) is 1. The molecule has 0 atom stereocenters. The fraction of sp³-hybridized carbons (Fsp3) is 0.688. The molecule has 2 aliphatic rings. The minimum atomic E-state index is 0.698. The maximum Gasteiger partial charge on any atom is 0.131 e. The molecule has 2 saturated heterocycles. The molecule has 3 rings (SSSR count). The Balaban J connectivity index is 1.67. The molecule has 2 fully saturated rings. The second-order valence-corrected chi connectivity index (χ2v) is 6.60. The summed E-state index contributed by atoms with van der Waals surface area (Å²) in [5.74, 6) is 1.06. The van der Waals surface area contributed by atoms with Crippen molar-refractivity contribution in [2.75, 3.05) is 0 Å². The van der Waals surface area contributed by atoms with E-state index in [1.54, 1.807) is 0 Å². The molecule has 0 radical (unpaired) electrons. The molecule has 2 bridgehead atoms. The van der Waals surface area contributed by atoms with Crippen molar-refractivity contribution >= 4 is 7.28 Å². The number of hydrogen-bond donors (Lipinski definition) is 0. The van der Waals surface area contributed by atoms with Crippen molar-refractivity contribution in [3.8, 4) is 0 Å². The first-order chi connectivity index (χ1) is 8.77. The fourth-order valence-corrected chi connectivity index (χ4v) is 4.36. The Morgan fingerprint density at radius 1 is 1.33 bits per heavy atom. The SMILES string of the molecule is Cc1ncccc1CCC12BC(CCC1)CCC2. The van der Waals surface area contributed by atoms with Crippen LogP contribution in [0.4, 0.5) is 0 Å². The molecule has 1 aromatic heterocycles. The van der Waals surface area contributed by atoms with Crippen LogP contribution in [0.3, 0.4) is 0 Å². The summed E-state index contributed by atoms with van der Waals surface area (Å²) in [7, 11) is 1.52. The lowest BCUT2D eigenvalue weighted by molar-refractivity contribution is 0.332. The van der Waals surface area contributed by atoms with Gasteiger partial charge in [-0.25, -0.2) is 0 Å². The second kappa shape index (κ2) is 5.07. The van der Waals surface area contributed by atoms with Crippen LogP contribution >= 0.6 is 0 Å². The minimum Gasteiger partial charge on any atom is -0.261 e. The van der Waals surface area contributed by atoms with E-state index in [1.807, 2.05) is 6.20 Å². The highest BCUT2D eigenvalue weighted by Crippen LogP contribution is 2.53. The molecular formula is C16H24BN. The Hall–Kier alpha value is -0.785. The lowest BCUT2D eigenvalue weighted by Gasteiger charge is -2.44. The first-order valence-corrected chi connectivity index (χ1v) is 7.68. The number of aromatic nitrogens is 1. The summed E-state index contributed by atoms with van der Waals surface area (Å²) in [5.41, 5.74) is 2.71. The van der Waals surface area contributed by atoms with E-state index in [2.05, 4.69) is 24.0 Å². The number of rotatable bonds is 3. The van der Waals surface area contributed by atoms with Gasteiger partial charge in [0.05, 0.1) is 0 Å². The standard InChI is InChI=1S/C16H24BN/c1-13-14(5-4-12-18-13)8-11-16-9-2-6-15(17-16)7-3-10-16/h4-5,12,15,17H,2-3,6-11H2,1H3. The number of aryl methyl sites for hydroxylation is 2. The lowest BCUT2D eigenvalue weighted by Crippen LogP contribution is -2.33. The summed E-state index contributed by atoms with van der Waals surface area (Å²) >= 11 is 0. The van der Waals surface area contributed by atoms with Crippen LogP contribution in [0, 0.1) is 6.92 Å². The Morgan fingerprint density at radius 3 is 2.83 bits per heavy atom. The van der Waals surface area contributed by atoms with Crippen LogP contribution < -0.4 is 0 Å². The molecule has 0 saturated carbocycles. The zero-order valence-electron chi connectivity index (χ0n) is 11.6. The van der Waals surface area contributed by atoms with E-state index in [1.165, 1.54) is 69.9 Å². The molecule has 0 aliphatic carbocycles. The van der Waals surface area contributed by atoms with Gasteiger partial charge in [-0.2, -0.15) is 0 Å². The average Bonchev–Trinajstić information content (AvgIpc) is 2.38. The number of fused-ring (bicyclic) bond motifs is 2. The summed E-state index contributed by atoms with van der Waals surface area (Å²) in [6.07, 6.45) is 13.5. The molecule has 1 nitrogen and oxygen atoms in total. The van der Waals surface area contributed by atoms with E-state index in [-0.39, 0.29) is 0 Å². The number of pyridine rings is 1. The average molecular weight is 241 g/mol. The van der Waals surface area contributed by atoms with Gasteiger partial charge in [-0.05, 0) is 25.0 Å². The van der Waals surface area contributed by atoms with Gasteiger partial charge < -0.3 is 0 Å². The van der Waals surface area contributed by atoms with Crippen molar-refractivity contribution in [1.29, 1.82) is 0 Å². The molecule has 96 valence electrons. The smallest absolute Gasteiger partial charge is 0.131 e. The van der Waals surface area contributed by atoms with Crippen LogP contribution in [0.25, 0.3) is 0 Å². The Labute approximate surface area is 112 Å². The van der Waals surface area contributed by atoms with Crippen molar-refractivity contribution in [1.82, 2.24) is 4.98 Å². The van der Waals surface area contributed by atoms with Gasteiger partial charge in [0.15, 0.2) is 0 Å². The first-order valence-electron chi connectivity index (χ1n) is 7.68. The van der Waals surface area contributed by atoms with E-state index in [0.717, 1.165) is 5.82 Å². The van der Waals surface area contributed by atoms with Crippen molar-refractivity contribution < 1.29 is 0 Å². The monoisotopic (exact) mass is 241 g/mol. The van der Waals surface area contributed by atoms with E-state index in [0.29, 0.717) is 5.31 Å². The summed E-state index contributed by atoms with van der Waals surface area (Å²) in [5, 5.41) is 0.698. The third kappa shape index (κ3) is 2.48. The van der Waals surface area contributed by atoms with Crippen molar-refractivity contribution in [2.45, 2.75) is 69.4 Å². The zero-order chi connectivity index (χ0) is 12.4. The fourth-order valence-electron chi connectivity index (χ4n) is 4.36. The largest absolute Gasteiger partial charge is 0.261 e. The van der Waals surface area contributed by atoms with Gasteiger partial charge in [-0.15, -0.1) is 0 Å². The summed E-state index contributed by atoms with van der Waals surface area (Å²) in [6.45, 7) is 2.15. The Bertz CT molecular complexity index is 405. The van der Waals surface area contributed by atoms with Gasteiger partial charge in [0.25, 0.3) is 0 Å². The highest BCUT2D eigenvalue weighted by molar-refractivity contribution is 6.42. The third-order valence-electron chi connectivity index (χ3n) is 5.40. The topological polar surface area (TPSA) is 12.9 Å². The van der Waals surface area contributed by atoms with Crippen LogP contribution in [0.2, 0.25) is 11.1 Å². The highest BCUT2D eigenvalue weighted by Gasteiger charge is 2.39. The van der Waals surface area contributed by atoms with Crippen LogP contribution in [-0.4, -0.2) is 12.3 Å². The summed E-state index contributed by atoms with van der Waals surface area (Å²) in [4.78, 5) is 4.42. The van der Waals surface area contributed by atoms with Crippen LogP contribution in [0.1, 0.15) is 56.2 Å². The Kier molecular flexibility index (Phi) is 3.45. The van der Waals surface area contributed by atoms with E-state index >= 15 is 0 Å². The molecule has 0 amide bonds. The summed E-state index contributed by atoms with van der Waals surface area (Å²) in [6, 6.07) is 4.35. The van der Waals surface area contributed by atoms with Gasteiger partial charge in [-0.1, -0.05) is 62.1 Å². The molecule has 18 heavy (non-hydrogen) atoms. The van der Waals surface area contributed by atoms with Crippen molar-refractivity contribution in [2.24, 2.45) is 0 Å². The quantitative estimate of drug-likeness (QED) is 0.727.